The largest absolute Gasteiger partial charge is 0.312 e. The predicted molar refractivity (Wildman–Crippen MR) is 126 cm³/mol. The fraction of sp³-hybridized carbons (Fsp3) is 0.227. The van der Waals surface area contributed by atoms with E-state index in [-0.39, 0.29) is 11.8 Å². The summed E-state index contributed by atoms with van der Waals surface area (Å²) in [6.45, 7) is 5.84. The Balaban J connectivity index is 1.37. The number of hydrazine groups is 1. The van der Waals surface area contributed by atoms with Crippen molar-refractivity contribution < 1.29 is 9.59 Å². The Labute approximate surface area is 193 Å². The van der Waals surface area contributed by atoms with Gasteiger partial charge in [0.05, 0.1) is 4.88 Å². The van der Waals surface area contributed by atoms with Crippen LogP contribution in [-0.2, 0) is 12.8 Å². The fourth-order valence-electron chi connectivity index (χ4n) is 3.38. The molecule has 0 aliphatic heterocycles. The number of aromatic nitrogens is 4. The molecular formula is C22H22N6O2S2. The first-order valence-electron chi connectivity index (χ1n) is 9.87. The van der Waals surface area contributed by atoms with Crippen molar-refractivity contribution in [1.29, 1.82) is 0 Å². The average molecular weight is 467 g/mol. The number of rotatable bonds is 5. The van der Waals surface area contributed by atoms with Crippen LogP contribution in [0.3, 0.4) is 0 Å². The number of thioether (sulfide) groups is 1. The number of carbonyl (C=O) groups is 2. The molecule has 2 amide bonds. The molecule has 3 heterocycles. The van der Waals surface area contributed by atoms with Gasteiger partial charge in [-0.25, -0.2) is 4.98 Å². The number of hydrogen-bond donors (Lipinski definition) is 2. The van der Waals surface area contributed by atoms with E-state index >= 15 is 0 Å². The van der Waals surface area contributed by atoms with Gasteiger partial charge in [-0.2, -0.15) is 0 Å². The highest BCUT2D eigenvalue weighted by Gasteiger charge is 2.18. The molecule has 164 valence electrons. The van der Waals surface area contributed by atoms with Crippen molar-refractivity contribution in [2.24, 2.45) is 7.05 Å². The third-order valence-electron chi connectivity index (χ3n) is 4.98. The molecule has 10 heteroatoms. The van der Waals surface area contributed by atoms with Gasteiger partial charge in [0.25, 0.3) is 11.8 Å². The maximum atomic E-state index is 12.7. The highest BCUT2D eigenvalue weighted by Crippen LogP contribution is 2.32. The first-order valence-corrected chi connectivity index (χ1v) is 11.7. The van der Waals surface area contributed by atoms with Gasteiger partial charge in [0.2, 0.25) is 0 Å². The summed E-state index contributed by atoms with van der Waals surface area (Å²) in [6, 6.07) is 9.23. The maximum Gasteiger partial charge on any atom is 0.280 e. The Kier molecular flexibility index (Phi) is 6.24. The molecule has 0 saturated carbocycles. The molecule has 0 unspecified atom stereocenters. The van der Waals surface area contributed by atoms with Crippen LogP contribution in [0.2, 0.25) is 0 Å². The summed E-state index contributed by atoms with van der Waals surface area (Å²) in [5.41, 5.74) is 9.39. The Bertz CT molecular complexity index is 1310. The number of nitrogens with one attached hydrogen (secondary N) is 2. The van der Waals surface area contributed by atoms with Crippen LogP contribution in [0, 0.1) is 20.8 Å². The minimum Gasteiger partial charge on any atom is -0.312 e. The second-order valence-electron chi connectivity index (χ2n) is 7.44. The number of hydrogen-bond acceptors (Lipinski definition) is 7. The molecule has 2 N–H and O–H groups in total. The standard InChI is InChI=1S/C22H22N6O2S2/c1-12-9-13(2)24-21-17(12)14(3)18(32-21)20(30)26-25-19(29)16-7-5-15(6-8-16)10-31-22-27-23-11-28(22)4/h5-9,11H,10H2,1-4H3,(H,25,29)(H,26,30). The number of aryl methyl sites for hydroxylation is 4. The molecule has 0 spiro atoms. The summed E-state index contributed by atoms with van der Waals surface area (Å²) in [4.78, 5) is 31.1. The number of nitrogens with zero attached hydrogens (tertiary/aromatic N) is 4. The molecule has 4 aromatic rings. The van der Waals surface area contributed by atoms with Gasteiger partial charge in [0, 0.05) is 29.4 Å². The quantitative estimate of drug-likeness (QED) is 0.343. The van der Waals surface area contributed by atoms with Crippen LogP contribution < -0.4 is 10.9 Å². The van der Waals surface area contributed by atoms with E-state index in [9.17, 15) is 9.59 Å². The average Bonchev–Trinajstić information content (AvgIpc) is 3.33. The molecule has 0 fully saturated rings. The molecule has 0 aliphatic rings. The number of pyridine rings is 1. The van der Waals surface area contributed by atoms with Crippen LogP contribution in [0.15, 0.2) is 41.8 Å². The summed E-state index contributed by atoms with van der Waals surface area (Å²) in [5, 5.41) is 9.71. The fourth-order valence-corrected chi connectivity index (χ4v) is 5.42. The Morgan fingerprint density at radius 2 is 1.81 bits per heavy atom. The van der Waals surface area contributed by atoms with Gasteiger partial charge in [0.1, 0.15) is 11.2 Å². The lowest BCUT2D eigenvalue weighted by Gasteiger charge is -2.08. The highest BCUT2D eigenvalue weighted by atomic mass is 32.2. The molecule has 3 aromatic heterocycles. The molecular weight excluding hydrogens is 444 g/mol. The topological polar surface area (TPSA) is 102 Å². The SMILES string of the molecule is Cc1cc(C)c2c(C)c(C(=O)NNC(=O)c3ccc(CSc4nncn4C)cc3)sc2n1. The van der Waals surface area contributed by atoms with Crippen LogP contribution in [0.1, 0.15) is 42.4 Å². The van der Waals surface area contributed by atoms with Crippen molar-refractivity contribution in [2.45, 2.75) is 31.7 Å². The van der Waals surface area contributed by atoms with Crippen molar-refractivity contribution in [1.82, 2.24) is 30.6 Å². The first-order chi connectivity index (χ1) is 15.3. The number of benzene rings is 1. The summed E-state index contributed by atoms with van der Waals surface area (Å²) >= 11 is 2.89. The predicted octanol–water partition coefficient (Wildman–Crippen LogP) is 3.72. The molecule has 4 rings (SSSR count). The summed E-state index contributed by atoms with van der Waals surface area (Å²) in [5.74, 6) is -0.0223. The summed E-state index contributed by atoms with van der Waals surface area (Å²) in [6.07, 6.45) is 1.66. The van der Waals surface area contributed by atoms with Crippen molar-refractivity contribution in [2.75, 3.05) is 0 Å². The van der Waals surface area contributed by atoms with E-state index in [1.54, 1.807) is 30.2 Å². The lowest BCUT2D eigenvalue weighted by molar-refractivity contribution is 0.0848. The van der Waals surface area contributed by atoms with Crippen molar-refractivity contribution >= 4 is 45.1 Å². The van der Waals surface area contributed by atoms with Crippen molar-refractivity contribution in [3.05, 3.63) is 69.5 Å². The van der Waals surface area contributed by atoms with Gasteiger partial charge in [-0.1, -0.05) is 23.9 Å². The molecule has 0 bridgehead atoms. The van der Waals surface area contributed by atoms with E-state index < -0.39 is 0 Å². The summed E-state index contributed by atoms with van der Waals surface area (Å²) < 4.78 is 1.85. The first kappa shape index (κ1) is 22.0. The minimum absolute atomic E-state index is 0.354. The zero-order chi connectivity index (χ0) is 22.8. The lowest BCUT2D eigenvalue weighted by Crippen LogP contribution is -2.41. The zero-order valence-corrected chi connectivity index (χ0v) is 19.7. The molecule has 0 saturated heterocycles. The monoisotopic (exact) mass is 466 g/mol. The molecule has 0 radical (unpaired) electrons. The van der Waals surface area contributed by atoms with Crippen molar-refractivity contribution in [3.8, 4) is 0 Å². The molecule has 32 heavy (non-hydrogen) atoms. The van der Waals surface area contributed by atoms with Crippen LogP contribution in [0.25, 0.3) is 10.2 Å². The normalized spacial score (nSPS) is 11.0. The van der Waals surface area contributed by atoms with Gasteiger partial charge < -0.3 is 4.57 Å². The smallest absolute Gasteiger partial charge is 0.280 e. The van der Waals surface area contributed by atoms with Gasteiger partial charge in [0.15, 0.2) is 5.16 Å². The molecule has 1 aromatic carbocycles. The maximum absolute atomic E-state index is 12.7. The van der Waals surface area contributed by atoms with Gasteiger partial charge in [-0.05, 0) is 55.7 Å². The zero-order valence-electron chi connectivity index (χ0n) is 18.1. The van der Waals surface area contributed by atoms with Crippen molar-refractivity contribution in [3.63, 3.8) is 0 Å². The number of amides is 2. The Hall–Kier alpha value is -3.24. The number of carbonyl (C=O) groups excluding carboxylic acids is 2. The highest BCUT2D eigenvalue weighted by molar-refractivity contribution is 7.98. The van der Waals surface area contributed by atoms with E-state index in [0.717, 1.165) is 37.8 Å². The Morgan fingerprint density at radius 3 is 2.50 bits per heavy atom. The third-order valence-corrected chi connectivity index (χ3v) is 7.27. The van der Waals surface area contributed by atoms with E-state index in [2.05, 4.69) is 26.0 Å². The molecule has 0 aliphatic carbocycles. The van der Waals surface area contributed by atoms with Crippen LogP contribution >= 0.6 is 23.1 Å². The second-order valence-corrected chi connectivity index (χ2v) is 9.38. The van der Waals surface area contributed by atoms with E-state index in [1.807, 2.05) is 50.6 Å². The van der Waals surface area contributed by atoms with Crippen LogP contribution in [-0.4, -0.2) is 31.6 Å². The Morgan fingerprint density at radius 1 is 1.09 bits per heavy atom. The van der Waals surface area contributed by atoms with Gasteiger partial charge in [-0.3, -0.25) is 20.4 Å². The van der Waals surface area contributed by atoms with E-state index in [1.165, 1.54) is 11.3 Å². The molecule has 0 atom stereocenters. The lowest BCUT2D eigenvalue weighted by atomic mass is 10.1. The number of thiophene rings is 1. The van der Waals surface area contributed by atoms with Crippen LogP contribution in [0.4, 0.5) is 0 Å². The van der Waals surface area contributed by atoms with Gasteiger partial charge in [-0.15, -0.1) is 21.5 Å². The summed E-state index contributed by atoms with van der Waals surface area (Å²) in [7, 11) is 1.89. The van der Waals surface area contributed by atoms with Gasteiger partial charge >= 0.3 is 0 Å². The third kappa shape index (κ3) is 4.51. The second kappa shape index (κ2) is 9.09. The molecule has 8 nitrogen and oxygen atoms in total. The van der Waals surface area contributed by atoms with E-state index in [0.29, 0.717) is 16.2 Å². The van der Waals surface area contributed by atoms with Crippen LogP contribution in [0.5, 0.6) is 0 Å². The minimum atomic E-state index is -0.380. The number of fused-ring (bicyclic) bond motifs is 1. The van der Waals surface area contributed by atoms with E-state index in [4.69, 9.17) is 0 Å².